The number of aliphatic hydroxyl groups excluding tert-OH is 1. The van der Waals surface area contributed by atoms with Crippen LogP contribution >= 0.6 is 15.9 Å². The van der Waals surface area contributed by atoms with Crippen LogP contribution in [0.2, 0.25) is 0 Å². The minimum absolute atomic E-state index is 0.375. The predicted molar refractivity (Wildman–Crippen MR) is 65.0 cm³/mol. The van der Waals surface area contributed by atoms with Gasteiger partial charge in [-0.05, 0) is 40.0 Å². The Balaban J connectivity index is 2.97. The third-order valence-electron chi connectivity index (χ3n) is 2.50. The van der Waals surface area contributed by atoms with Crippen LogP contribution in [0.1, 0.15) is 25.0 Å². The van der Waals surface area contributed by atoms with Crippen molar-refractivity contribution in [2.45, 2.75) is 19.4 Å². The topological polar surface area (TPSA) is 53.2 Å². The third kappa shape index (κ3) is 2.75. The Morgan fingerprint density at radius 2 is 2.25 bits per heavy atom. The van der Waals surface area contributed by atoms with E-state index < -0.39 is 6.10 Å². The zero-order chi connectivity index (χ0) is 12.1. The van der Waals surface area contributed by atoms with E-state index in [9.17, 15) is 5.11 Å². The van der Waals surface area contributed by atoms with Crippen LogP contribution in [0.4, 0.5) is 0 Å². The van der Waals surface area contributed by atoms with E-state index in [2.05, 4.69) is 22.0 Å². The molecule has 0 aliphatic rings. The lowest BCUT2D eigenvalue weighted by atomic mass is 9.95. The van der Waals surface area contributed by atoms with E-state index in [1.807, 2.05) is 6.92 Å². The molecule has 1 aromatic carbocycles. The molecular weight excluding hydrogens is 270 g/mol. The van der Waals surface area contributed by atoms with Gasteiger partial charge < -0.3 is 9.84 Å². The van der Waals surface area contributed by atoms with Gasteiger partial charge in [0.15, 0.2) is 0 Å². The van der Waals surface area contributed by atoms with Crippen LogP contribution in [0.25, 0.3) is 0 Å². The maximum atomic E-state index is 9.98. The Kier molecular flexibility index (Phi) is 4.78. The Hall–Kier alpha value is -1.05. The highest BCUT2D eigenvalue weighted by molar-refractivity contribution is 9.10. The van der Waals surface area contributed by atoms with Gasteiger partial charge in [0.2, 0.25) is 0 Å². The molecule has 1 N–H and O–H groups in total. The van der Waals surface area contributed by atoms with E-state index in [-0.39, 0.29) is 5.92 Å². The number of benzene rings is 1. The summed E-state index contributed by atoms with van der Waals surface area (Å²) in [5.41, 5.74) is 0.723. The van der Waals surface area contributed by atoms with E-state index >= 15 is 0 Å². The summed E-state index contributed by atoms with van der Waals surface area (Å²) in [5.74, 6) is 0.334. The number of nitriles is 1. The fraction of sp³-hybridized carbons (Fsp3) is 0.417. The van der Waals surface area contributed by atoms with Crippen molar-refractivity contribution in [3.05, 3.63) is 28.2 Å². The maximum absolute atomic E-state index is 9.98. The van der Waals surface area contributed by atoms with Crippen LogP contribution in [0, 0.1) is 17.2 Å². The van der Waals surface area contributed by atoms with Gasteiger partial charge in [-0.25, -0.2) is 0 Å². The molecule has 0 fully saturated rings. The van der Waals surface area contributed by atoms with Crippen molar-refractivity contribution in [1.82, 2.24) is 0 Å². The highest BCUT2D eigenvalue weighted by Crippen LogP contribution is 2.31. The fourth-order valence-corrected chi connectivity index (χ4v) is 2.04. The van der Waals surface area contributed by atoms with Crippen molar-refractivity contribution < 1.29 is 9.84 Å². The number of halogens is 1. The van der Waals surface area contributed by atoms with Crippen molar-refractivity contribution >= 4 is 15.9 Å². The summed E-state index contributed by atoms with van der Waals surface area (Å²) in [6, 6.07) is 7.43. The van der Waals surface area contributed by atoms with Gasteiger partial charge in [0.25, 0.3) is 0 Å². The molecule has 0 spiro atoms. The normalized spacial score (nSPS) is 13.9. The predicted octanol–water partition coefficient (Wildman–Crippen LogP) is 3.04. The Bertz CT molecular complexity index is 400. The molecule has 0 aromatic heterocycles. The largest absolute Gasteiger partial charge is 0.496 e. The monoisotopic (exact) mass is 283 g/mol. The van der Waals surface area contributed by atoms with E-state index in [1.54, 1.807) is 25.3 Å². The molecule has 0 heterocycles. The third-order valence-corrected chi connectivity index (χ3v) is 3.12. The first-order valence-corrected chi connectivity index (χ1v) is 5.84. The van der Waals surface area contributed by atoms with Crippen LogP contribution in [0.15, 0.2) is 22.7 Å². The first-order valence-electron chi connectivity index (χ1n) is 5.05. The van der Waals surface area contributed by atoms with Crippen LogP contribution in [0.5, 0.6) is 5.75 Å². The fourth-order valence-electron chi connectivity index (χ4n) is 1.48. The quantitative estimate of drug-likeness (QED) is 0.924. The second-order valence-corrected chi connectivity index (χ2v) is 4.34. The Labute approximate surface area is 104 Å². The van der Waals surface area contributed by atoms with Gasteiger partial charge in [-0.2, -0.15) is 5.26 Å². The van der Waals surface area contributed by atoms with Crippen molar-refractivity contribution in [2.24, 2.45) is 5.92 Å². The van der Waals surface area contributed by atoms with Crippen LogP contribution in [-0.2, 0) is 0 Å². The number of rotatable bonds is 4. The first-order chi connectivity index (χ1) is 7.63. The van der Waals surface area contributed by atoms with Crippen LogP contribution in [0.3, 0.4) is 0 Å². The molecule has 3 nitrogen and oxygen atoms in total. The molecule has 1 aromatic rings. The molecule has 0 bridgehead atoms. The molecule has 0 amide bonds. The average Bonchev–Trinajstić information content (AvgIpc) is 2.30. The minimum Gasteiger partial charge on any atom is -0.496 e. The standard InChI is InChI=1S/C12H14BrNO2/c1-3-8(7-14)12(15)9-4-5-11(16-2)10(13)6-9/h4-6,8,12,15H,3H2,1-2H3. The van der Waals surface area contributed by atoms with Crippen LogP contribution < -0.4 is 4.74 Å². The summed E-state index contributed by atoms with van der Waals surface area (Å²) in [4.78, 5) is 0. The molecule has 0 saturated carbocycles. The molecule has 4 heteroatoms. The number of aliphatic hydroxyl groups is 1. The lowest BCUT2D eigenvalue weighted by Gasteiger charge is -2.16. The SMILES string of the molecule is CCC(C#N)C(O)c1ccc(OC)c(Br)c1. The molecule has 2 atom stereocenters. The average molecular weight is 284 g/mol. The molecule has 86 valence electrons. The first kappa shape index (κ1) is 13.0. The number of nitrogens with zero attached hydrogens (tertiary/aromatic N) is 1. The van der Waals surface area contributed by atoms with E-state index in [4.69, 9.17) is 10.00 Å². The Morgan fingerprint density at radius 3 is 2.69 bits per heavy atom. The zero-order valence-electron chi connectivity index (χ0n) is 9.27. The van der Waals surface area contributed by atoms with E-state index in [1.165, 1.54) is 0 Å². The molecule has 16 heavy (non-hydrogen) atoms. The van der Waals surface area contributed by atoms with Gasteiger partial charge in [0, 0.05) is 0 Å². The van der Waals surface area contributed by atoms with Crippen molar-refractivity contribution in [1.29, 1.82) is 5.26 Å². The van der Waals surface area contributed by atoms with Gasteiger partial charge in [-0.3, -0.25) is 0 Å². The second-order valence-electron chi connectivity index (χ2n) is 3.48. The van der Waals surface area contributed by atoms with Crippen molar-refractivity contribution in [2.75, 3.05) is 7.11 Å². The number of methoxy groups -OCH3 is 1. The molecule has 1 rings (SSSR count). The zero-order valence-corrected chi connectivity index (χ0v) is 10.9. The maximum Gasteiger partial charge on any atom is 0.133 e. The lowest BCUT2D eigenvalue weighted by molar-refractivity contribution is 0.132. The molecular formula is C12H14BrNO2. The van der Waals surface area contributed by atoms with Crippen LogP contribution in [-0.4, -0.2) is 12.2 Å². The summed E-state index contributed by atoms with van der Waals surface area (Å²) in [6.45, 7) is 1.88. The number of hydrogen-bond acceptors (Lipinski definition) is 3. The van der Waals surface area contributed by atoms with Crippen molar-refractivity contribution in [3.63, 3.8) is 0 Å². The second kappa shape index (κ2) is 5.88. The van der Waals surface area contributed by atoms with Gasteiger partial charge in [0.1, 0.15) is 5.75 Å². The van der Waals surface area contributed by atoms with Gasteiger partial charge in [0.05, 0.1) is 29.7 Å². The van der Waals surface area contributed by atoms with Gasteiger partial charge in [-0.1, -0.05) is 13.0 Å². The molecule has 0 aliphatic carbocycles. The lowest BCUT2D eigenvalue weighted by Crippen LogP contribution is -2.09. The molecule has 0 aliphatic heterocycles. The summed E-state index contributed by atoms with van der Waals surface area (Å²) in [7, 11) is 1.58. The smallest absolute Gasteiger partial charge is 0.133 e. The van der Waals surface area contributed by atoms with Gasteiger partial charge in [-0.15, -0.1) is 0 Å². The number of ether oxygens (including phenoxy) is 1. The molecule has 2 unspecified atom stereocenters. The summed E-state index contributed by atoms with van der Waals surface area (Å²) >= 11 is 3.35. The molecule has 0 radical (unpaired) electrons. The summed E-state index contributed by atoms with van der Waals surface area (Å²) in [5, 5.41) is 18.9. The summed E-state index contributed by atoms with van der Waals surface area (Å²) in [6.07, 6.45) is -0.126. The Morgan fingerprint density at radius 1 is 1.56 bits per heavy atom. The van der Waals surface area contributed by atoms with E-state index in [0.717, 1.165) is 10.0 Å². The van der Waals surface area contributed by atoms with Crippen molar-refractivity contribution in [3.8, 4) is 11.8 Å². The highest BCUT2D eigenvalue weighted by Gasteiger charge is 2.19. The van der Waals surface area contributed by atoms with E-state index in [0.29, 0.717) is 12.2 Å². The highest BCUT2D eigenvalue weighted by atomic mass is 79.9. The summed E-state index contributed by atoms with van der Waals surface area (Å²) < 4.78 is 5.88. The molecule has 0 saturated heterocycles. The van der Waals surface area contributed by atoms with Gasteiger partial charge >= 0.3 is 0 Å². The number of hydrogen-bond donors (Lipinski definition) is 1. The minimum atomic E-state index is -0.753.